The number of hydrogen-bond donors (Lipinski definition) is 0. The minimum atomic E-state index is -0.583. The molecule has 3 heteroatoms. The molecule has 0 saturated carbocycles. The standard InChI is InChI=1S/C12H13.C5H5.2ClH.Zr/c1-8-4-5-9(2)12-10(3)6-7-11(8)12;1-2-4-5-3-1;;;/h4-7H,1-3H3;1-3H,4H2;2*1H;. The first-order chi connectivity index (χ1) is 8.60. The molecule has 0 aromatic heterocycles. The quantitative estimate of drug-likeness (QED) is 0.646. The molecule has 0 amide bonds. The molecule has 2 aliphatic rings. The Morgan fingerprint density at radius 1 is 1.10 bits per heavy atom. The number of fused-ring (bicyclic) bond motifs is 1. The Morgan fingerprint density at radius 3 is 2.45 bits per heavy atom. The number of hydrogen-bond acceptors (Lipinski definition) is 0. The van der Waals surface area contributed by atoms with Gasteiger partial charge in [-0.2, -0.15) is 0 Å². The first kappa shape index (κ1) is 18.0. The van der Waals surface area contributed by atoms with Gasteiger partial charge in [0.05, 0.1) is 0 Å². The summed E-state index contributed by atoms with van der Waals surface area (Å²) in [6.45, 7) is 6.95. The molecule has 0 nitrogen and oxygen atoms in total. The number of benzene rings is 1. The summed E-state index contributed by atoms with van der Waals surface area (Å²) < 4.78 is 2.08. The summed E-state index contributed by atoms with van der Waals surface area (Å²) >= 11 is -0.583. The Bertz CT molecular complexity index is 599. The molecule has 0 aliphatic heterocycles. The normalized spacial score (nSPS) is 21.9. The van der Waals surface area contributed by atoms with Gasteiger partial charge >= 0.3 is 122 Å². The van der Waals surface area contributed by atoms with Crippen LogP contribution in [0.2, 0.25) is 0 Å². The van der Waals surface area contributed by atoms with Crippen LogP contribution in [0, 0.1) is 13.8 Å². The maximum Gasteiger partial charge on any atom is -0.147 e. The maximum atomic E-state index is 2.48. The van der Waals surface area contributed by atoms with Gasteiger partial charge in [0.25, 0.3) is 0 Å². The SMILES string of the molecule is Cc1ccc(C)c2c1C=C[C]2(C)[Zr][C]1=CC=CC1.Cl.Cl. The summed E-state index contributed by atoms with van der Waals surface area (Å²) in [5.74, 6) is 0. The summed E-state index contributed by atoms with van der Waals surface area (Å²) in [5, 5.41) is 0. The molecule has 1 atom stereocenters. The molecule has 1 aromatic carbocycles. The van der Waals surface area contributed by atoms with Gasteiger partial charge in [0.15, 0.2) is 0 Å². The average molecular weight is 386 g/mol. The smallest absolute Gasteiger partial charge is 0.147 e. The third kappa shape index (κ3) is 3.06. The van der Waals surface area contributed by atoms with Gasteiger partial charge in [0.2, 0.25) is 0 Å². The molecule has 0 N–H and O–H groups in total. The number of allylic oxidation sites excluding steroid dienone is 5. The zero-order chi connectivity index (χ0) is 12.8. The molecule has 3 rings (SSSR count). The summed E-state index contributed by atoms with van der Waals surface area (Å²) in [6.07, 6.45) is 12.9. The topological polar surface area (TPSA) is 0 Å². The molecule has 2 aliphatic carbocycles. The number of halogens is 2. The Balaban J connectivity index is 0.000001000. The van der Waals surface area contributed by atoms with Crippen molar-refractivity contribution in [2.75, 3.05) is 0 Å². The van der Waals surface area contributed by atoms with Crippen LogP contribution in [0.3, 0.4) is 0 Å². The summed E-state index contributed by atoms with van der Waals surface area (Å²) in [4.78, 5) is 0. The van der Waals surface area contributed by atoms with E-state index in [4.69, 9.17) is 0 Å². The van der Waals surface area contributed by atoms with Crippen molar-refractivity contribution in [2.24, 2.45) is 0 Å². The van der Waals surface area contributed by atoms with Gasteiger partial charge in [0, 0.05) is 0 Å². The van der Waals surface area contributed by atoms with Crippen molar-refractivity contribution in [1.82, 2.24) is 0 Å². The van der Waals surface area contributed by atoms with Gasteiger partial charge in [0.1, 0.15) is 0 Å². The van der Waals surface area contributed by atoms with Crippen LogP contribution < -0.4 is 0 Å². The molecule has 20 heavy (non-hydrogen) atoms. The van der Waals surface area contributed by atoms with Crippen molar-refractivity contribution in [2.45, 2.75) is 30.3 Å². The van der Waals surface area contributed by atoms with E-state index in [1.165, 1.54) is 23.1 Å². The number of aryl methyl sites for hydroxylation is 2. The molecule has 0 spiro atoms. The molecule has 0 radical (unpaired) electrons. The Labute approximate surface area is 145 Å². The van der Waals surface area contributed by atoms with Crippen molar-refractivity contribution >= 4 is 30.9 Å². The molecular formula is C17H20Cl2Zr. The predicted molar refractivity (Wildman–Crippen MR) is 88.6 cm³/mol. The molecule has 1 unspecified atom stereocenters. The minimum Gasteiger partial charge on any atom is -0.147 e. The molecule has 0 bridgehead atoms. The Hall–Kier alpha value is -0.0969. The Kier molecular flexibility index (Phi) is 6.08. The van der Waals surface area contributed by atoms with E-state index in [-0.39, 0.29) is 24.8 Å². The third-order valence-electron chi connectivity index (χ3n) is 3.97. The first-order valence-corrected chi connectivity index (χ1v) is 9.00. The van der Waals surface area contributed by atoms with Crippen LogP contribution in [0.1, 0.15) is 35.6 Å². The molecular weight excluding hydrogens is 366 g/mol. The van der Waals surface area contributed by atoms with E-state index in [0.717, 1.165) is 0 Å². The second-order valence-electron chi connectivity index (χ2n) is 5.47. The van der Waals surface area contributed by atoms with Crippen LogP contribution >= 0.6 is 24.8 Å². The van der Waals surface area contributed by atoms with Crippen LogP contribution in [0.25, 0.3) is 6.08 Å². The summed E-state index contributed by atoms with van der Waals surface area (Å²) in [5.41, 5.74) is 6.00. The van der Waals surface area contributed by atoms with Crippen molar-refractivity contribution < 1.29 is 23.2 Å². The molecule has 1 aromatic rings. The van der Waals surface area contributed by atoms with E-state index in [9.17, 15) is 0 Å². The van der Waals surface area contributed by atoms with E-state index >= 15 is 0 Å². The fraction of sp³-hybridized carbons (Fsp3) is 0.294. The fourth-order valence-corrected chi connectivity index (χ4v) is 7.20. The van der Waals surface area contributed by atoms with Crippen LogP contribution in [0.4, 0.5) is 0 Å². The number of rotatable bonds is 2. The van der Waals surface area contributed by atoms with Crippen LogP contribution in [0.15, 0.2) is 39.7 Å². The second kappa shape index (κ2) is 6.78. The van der Waals surface area contributed by atoms with Gasteiger partial charge in [-0.15, -0.1) is 24.8 Å². The van der Waals surface area contributed by atoms with Crippen molar-refractivity contribution in [3.05, 3.63) is 62.0 Å². The van der Waals surface area contributed by atoms with Crippen LogP contribution in [-0.2, 0) is 26.4 Å². The molecule has 0 saturated heterocycles. The molecule has 0 fully saturated rings. The zero-order valence-electron chi connectivity index (χ0n) is 12.1. The zero-order valence-corrected chi connectivity index (χ0v) is 16.2. The molecule has 0 heterocycles. The van der Waals surface area contributed by atoms with Gasteiger partial charge in [-0.05, 0) is 0 Å². The second-order valence-corrected chi connectivity index (χ2v) is 10.2. The third-order valence-corrected chi connectivity index (χ3v) is 7.97. The van der Waals surface area contributed by atoms with Gasteiger partial charge in [-0.3, -0.25) is 0 Å². The fourth-order valence-electron chi connectivity index (χ4n) is 3.05. The van der Waals surface area contributed by atoms with Gasteiger partial charge in [-0.25, -0.2) is 0 Å². The van der Waals surface area contributed by atoms with Crippen LogP contribution in [-0.4, -0.2) is 0 Å². The predicted octanol–water partition coefficient (Wildman–Crippen LogP) is 5.32. The van der Waals surface area contributed by atoms with E-state index in [0.29, 0.717) is 3.12 Å². The average Bonchev–Trinajstić information content (AvgIpc) is 2.93. The summed E-state index contributed by atoms with van der Waals surface area (Å²) in [6, 6.07) is 4.55. The first-order valence-electron chi connectivity index (χ1n) is 6.54. The van der Waals surface area contributed by atoms with Crippen molar-refractivity contribution in [3.63, 3.8) is 0 Å². The van der Waals surface area contributed by atoms with E-state index in [1.54, 1.807) is 8.84 Å². The van der Waals surface area contributed by atoms with Gasteiger partial charge < -0.3 is 0 Å². The maximum absolute atomic E-state index is 2.48. The van der Waals surface area contributed by atoms with Crippen LogP contribution in [0.5, 0.6) is 0 Å². The minimum absolute atomic E-state index is 0. The van der Waals surface area contributed by atoms with Gasteiger partial charge in [-0.1, -0.05) is 0 Å². The monoisotopic (exact) mass is 384 g/mol. The largest absolute Gasteiger partial charge is 0.147 e. The summed E-state index contributed by atoms with van der Waals surface area (Å²) in [7, 11) is 0. The van der Waals surface area contributed by atoms with Crippen molar-refractivity contribution in [1.29, 1.82) is 0 Å². The van der Waals surface area contributed by atoms with Crippen molar-refractivity contribution in [3.8, 4) is 0 Å². The van der Waals surface area contributed by atoms with E-state index in [1.807, 2.05) is 0 Å². The Morgan fingerprint density at radius 2 is 1.80 bits per heavy atom. The molecule has 106 valence electrons. The van der Waals surface area contributed by atoms with E-state index in [2.05, 4.69) is 63.3 Å². The van der Waals surface area contributed by atoms with E-state index < -0.39 is 23.2 Å².